The van der Waals surface area contributed by atoms with Crippen LogP contribution in [-0.2, 0) is 4.74 Å². The number of hydrogen-bond acceptors (Lipinski definition) is 5. The highest BCUT2D eigenvalue weighted by atomic mass is 35.5. The number of hydrogen-bond donors (Lipinski definition) is 2. The smallest absolute Gasteiger partial charge is 0.251 e. The lowest BCUT2D eigenvalue weighted by Gasteiger charge is -2.35. The van der Waals surface area contributed by atoms with Crippen LogP contribution in [0.5, 0.6) is 0 Å². The van der Waals surface area contributed by atoms with Crippen LogP contribution in [-0.4, -0.2) is 34.6 Å². The number of amides is 1. The van der Waals surface area contributed by atoms with Crippen LogP contribution in [0.15, 0.2) is 18.3 Å². The summed E-state index contributed by atoms with van der Waals surface area (Å²) in [6.45, 7) is 5.30. The van der Waals surface area contributed by atoms with Gasteiger partial charge in [0.2, 0.25) is 0 Å². The molecule has 3 rings (SSSR count). The zero-order valence-corrected chi connectivity index (χ0v) is 15.9. The van der Waals surface area contributed by atoms with Crippen molar-refractivity contribution in [3.8, 4) is 11.3 Å². The first-order chi connectivity index (χ1) is 12.8. The van der Waals surface area contributed by atoms with Crippen LogP contribution in [0.25, 0.3) is 11.3 Å². The van der Waals surface area contributed by atoms with Gasteiger partial charge in [0.1, 0.15) is 0 Å². The predicted molar refractivity (Wildman–Crippen MR) is 101 cm³/mol. The van der Waals surface area contributed by atoms with Gasteiger partial charge in [0.25, 0.3) is 5.91 Å². The first kappa shape index (κ1) is 19.5. The number of anilines is 1. The minimum absolute atomic E-state index is 0.0483. The minimum atomic E-state index is -0.790. The summed E-state index contributed by atoms with van der Waals surface area (Å²) in [6, 6.07) is 2.57. The Bertz CT molecular complexity index is 860. The number of ether oxygens (including phenoxy) is 1. The molecule has 1 atom stereocenters. The Balaban J connectivity index is 1.89. The molecule has 3 heterocycles. The van der Waals surface area contributed by atoms with E-state index in [0.717, 1.165) is 18.9 Å². The van der Waals surface area contributed by atoms with Crippen molar-refractivity contribution in [2.45, 2.75) is 32.3 Å². The molecule has 0 aromatic carbocycles. The summed E-state index contributed by atoms with van der Waals surface area (Å²) >= 11 is 6.16. The third kappa shape index (κ3) is 4.54. The molecule has 3 N–H and O–H groups in total. The maximum Gasteiger partial charge on any atom is 0.251 e. The van der Waals surface area contributed by atoms with Gasteiger partial charge in [0, 0.05) is 24.9 Å². The molecule has 0 bridgehead atoms. The fourth-order valence-corrected chi connectivity index (χ4v) is 3.49. The van der Waals surface area contributed by atoms with E-state index in [1.165, 1.54) is 12.3 Å². The van der Waals surface area contributed by atoms with Crippen molar-refractivity contribution >= 4 is 23.3 Å². The zero-order valence-electron chi connectivity index (χ0n) is 15.2. The molecule has 2 aromatic rings. The third-order valence-electron chi connectivity index (χ3n) is 4.57. The zero-order chi connectivity index (χ0) is 19.6. The Morgan fingerprint density at radius 2 is 2.33 bits per heavy atom. The predicted octanol–water partition coefficient (Wildman–Crippen LogP) is 3.45. The lowest BCUT2D eigenvalue weighted by Crippen LogP contribution is -2.36. The quantitative estimate of drug-likeness (QED) is 0.814. The molecule has 8 heteroatoms. The van der Waals surface area contributed by atoms with Gasteiger partial charge in [-0.25, -0.2) is 9.37 Å². The molecule has 1 fully saturated rings. The number of primary amides is 1. The molecule has 1 saturated heterocycles. The second-order valence-corrected chi connectivity index (χ2v) is 7.63. The van der Waals surface area contributed by atoms with Crippen molar-refractivity contribution in [3.63, 3.8) is 0 Å². The molecule has 0 saturated carbocycles. The Morgan fingerprint density at radius 3 is 3.00 bits per heavy atom. The molecule has 2 aromatic heterocycles. The van der Waals surface area contributed by atoms with Crippen LogP contribution in [0.2, 0.25) is 5.02 Å². The monoisotopic (exact) mass is 391 g/mol. The fourth-order valence-electron chi connectivity index (χ4n) is 3.30. The van der Waals surface area contributed by atoms with Gasteiger partial charge in [-0.3, -0.25) is 9.78 Å². The Hall–Kier alpha value is -2.25. The highest BCUT2D eigenvalue weighted by molar-refractivity contribution is 6.33. The van der Waals surface area contributed by atoms with Gasteiger partial charge in [0.05, 0.1) is 28.1 Å². The van der Waals surface area contributed by atoms with E-state index >= 15 is 0 Å². The third-order valence-corrected chi connectivity index (χ3v) is 4.87. The van der Waals surface area contributed by atoms with E-state index in [1.807, 2.05) is 13.8 Å². The van der Waals surface area contributed by atoms with E-state index in [2.05, 4.69) is 21.5 Å². The molecule has 27 heavy (non-hydrogen) atoms. The van der Waals surface area contributed by atoms with Crippen LogP contribution < -0.4 is 11.1 Å². The topological polar surface area (TPSA) is 90.1 Å². The molecule has 0 spiro atoms. The van der Waals surface area contributed by atoms with Gasteiger partial charge in [-0.15, -0.1) is 0 Å². The molecule has 0 unspecified atom stereocenters. The summed E-state index contributed by atoms with van der Waals surface area (Å²) in [5, 5.41) is 3.32. The van der Waals surface area contributed by atoms with E-state index in [0.29, 0.717) is 24.6 Å². The lowest BCUT2D eigenvalue weighted by atomic mass is 9.88. The fraction of sp³-hybridized carbons (Fsp3) is 0.421. The van der Waals surface area contributed by atoms with Crippen LogP contribution in [0.1, 0.15) is 37.0 Å². The SMILES string of the molecule is CC1(C)C[C@@H](CNc2nc(-c3c[c]ncc3Cl)c(C(N)=O)cc2F)CCO1. The number of halogens is 2. The van der Waals surface area contributed by atoms with Crippen LogP contribution in [0.4, 0.5) is 10.2 Å². The molecular formula is C19H21ClFN4O2. The van der Waals surface area contributed by atoms with Gasteiger partial charge in [-0.05, 0) is 44.7 Å². The normalized spacial score (nSPS) is 18.9. The number of carbonyl (C=O) groups is 1. The Kier molecular flexibility index (Phi) is 5.62. The Labute approximate surface area is 162 Å². The van der Waals surface area contributed by atoms with Gasteiger partial charge in [0.15, 0.2) is 11.6 Å². The van der Waals surface area contributed by atoms with Crippen molar-refractivity contribution in [1.82, 2.24) is 9.97 Å². The summed E-state index contributed by atoms with van der Waals surface area (Å²) in [4.78, 5) is 19.8. The van der Waals surface area contributed by atoms with Crippen molar-refractivity contribution in [2.24, 2.45) is 11.7 Å². The summed E-state index contributed by atoms with van der Waals surface area (Å²) in [5.74, 6) is -1.06. The van der Waals surface area contributed by atoms with E-state index in [-0.39, 0.29) is 27.7 Å². The van der Waals surface area contributed by atoms with Crippen molar-refractivity contribution < 1.29 is 13.9 Å². The number of rotatable bonds is 5. The first-order valence-corrected chi connectivity index (χ1v) is 9.05. The molecule has 1 aliphatic rings. The number of nitrogens with one attached hydrogen (secondary N) is 1. The van der Waals surface area contributed by atoms with Gasteiger partial charge in [-0.1, -0.05) is 11.6 Å². The van der Waals surface area contributed by atoms with E-state index < -0.39 is 11.7 Å². The highest BCUT2D eigenvalue weighted by Gasteiger charge is 2.29. The maximum absolute atomic E-state index is 14.5. The first-order valence-electron chi connectivity index (χ1n) is 8.67. The standard InChI is InChI=1S/C19H21ClFN4O2/c1-19(2)8-11(4-6-27-19)9-24-18-15(21)7-13(17(22)26)16(25-18)12-3-5-23-10-14(12)20/h3,7,10-11H,4,6,8-9H2,1-2H3,(H2,22,26)(H,24,25)/t11-/m0/s1. The van der Waals surface area contributed by atoms with Crippen LogP contribution >= 0.6 is 11.6 Å². The largest absolute Gasteiger partial charge is 0.376 e. The number of nitrogens with zero attached hydrogens (tertiary/aromatic N) is 2. The van der Waals surface area contributed by atoms with Crippen molar-refractivity contribution in [1.29, 1.82) is 0 Å². The summed E-state index contributed by atoms with van der Waals surface area (Å²) in [5.41, 5.74) is 5.76. The maximum atomic E-state index is 14.5. The van der Waals surface area contributed by atoms with E-state index in [1.54, 1.807) is 0 Å². The number of carbonyl (C=O) groups excluding carboxylic acids is 1. The number of nitrogens with two attached hydrogens (primary N) is 1. The Morgan fingerprint density at radius 1 is 1.56 bits per heavy atom. The molecule has 1 amide bonds. The minimum Gasteiger partial charge on any atom is -0.376 e. The number of pyridine rings is 2. The van der Waals surface area contributed by atoms with Crippen molar-refractivity contribution in [2.75, 3.05) is 18.5 Å². The molecule has 1 radical (unpaired) electrons. The lowest BCUT2D eigenvalue weighted by molar-refractivity contribution is -0.0700. The summed E-state index contributed by atoms with van der Waals surface area (Å²) < 4.78 is 20.2. The molecule has 0 aliphatic carbocycles. The van der Waals surface area contributed by atoms with Crippen molar-refractivity contribution in [3.05, 3.63) is 40.9 Å². The van der Waals surface area contributed by atoms with Gasteiger partial charge in [-0.2, -0.15) is 0 Å². The molecule has 143 valence electrons. The average molecular weight is 392 g/mol. The van der Waals surface area contributed by atoms with Crippen LogP contribution in [0.3, 0.4) is 0 Å². The molecular weight excluding hydrogens is 371 g/mol. The summed E-state index contributed by atoms with van der Waals surface area (Å²) in [6.07, 6.45) is 5.76. The van der Waals surface area contributed by atoms with Crippen LogP contribution in [0, 0.1) is 17.9 Å². The highest BCUT2D eigenvalue weighted by Crippen LogP contribution is 2.32. The second-order valence-electron chi connectivity index (χ2n) is 7.22. The summed E-state index contributed by atoms with van der Waals surface area (Å²) in [7, 11) is 0. The number of aromatic nitrogens is 2. The van der Waals surface area contributed by atoms with Gasteiger partial charge >= 0.3 is 0 Å². The average Bonchev–Trinajstić information content (AvgIpc) is 2.60. The van der Waals surface area contributed by atoms with Gasteiger partial charge < -0.3 is 15.8 Å². The molecule has 6 nitrogen and oxygen atoms in total. The van der Waals surface area contributed by atoms with E-state index in [4.69, 9.17) is 22.1 Å². The molecule has 1 aliphatic heterocycles. The second kappa shape index (κ2) is 7.78. The van der Waals surface area contributed by atoms with E-state index in [9.17, 15) is 9.18 Å².